The van der Waals surface area contributed by atoms with E-state index in [1.807, 2.05) is 88.8 Å². The molecule has 0 unspecified atom stereocenters. The summed E-state index contributed by atoms with van der Waals surface area (Å²) in [6.45, 7) is 8.00. The predicted molar refractivity (Wildman–Crippen MR) is 202 cm³/mol. The maximum Gasteiger partial charge on any atom is 0.153 e. The van der Waals surface area contributed by atoms with Gasteiger partial charge in [0.2, 0.25) is 0 Å². The minimum atomic E-state index is 0.792. The second-order valence-corrected chi connectivity index (χ2v) is 11.7. The maximum absolute atomic E-state index is 6.09. The molecule has 0 saturated heterocycles. The van der Waals surface area contributed by atoms with Gasteiger partial charge in [0.25, 0.3) is 0 Å². The highest BCUT2D eigenvalue weighted by Crippen LogP contribution is 2.41. The van der Waals surface area contributed by atoms with Gasteiger partial charge < -0.3 is 8.83 Å². The van der Waals surface area contributed by atoms with Crippen molar-refractivity contribution in [3.8, 4) is 44.6 Å². The minimum absolute atomic E-state index is 0.792. The number of benzene rings is 4. The van der Waals surface area contributed by atoms with Crippen molar-refractivity contribution in [3.05, 3.63) is 139 Å². The molecule has 0 spiro atoms. The molecular formula is C44H35N3O2. The third-order valence-corrected chi connectivity index (χ3v) is 9.02. The summed E-state index contributed by atoms with van der Waals surface area (Å²) in [5, 5.41) is 2.01. The molecule has 5 aromatic heterocycles. The first-order chi connectivity index (χ1) is 24.2. The molecule has 5 nitrogen and oxygen atoms in total. The first kappa shape index (κ1) is 30.3. The molecule has 0 atom stereocenters. The van der Waals surface area contributed by atoms with Crippen LogP contribution in [0.4, 0.5) is 0 Å². The lowest BCUT2D eigenvalue weighted by molar-refractivity contribution is 0.668. The zero-order valence-corrected chi connectivity index (χ0v) is 28.0. The molecule has 49 heavy (non-hydrogen) atoms. The van der Waals surface area contributed by atoms with E-state index in [1.54, 1.807) is 0 Å². The molecule has 0 aliphatic heterocycles. The van der Waals surface area contributed by atoms with Crippen molar-refractivity contribution in [2.24, 2.45) is 0 Å². The fraction of sp³-hybridized carbons (Fsp3) is 0.114. The molecule has 0 amide bonds. The molecule has 0 saturated carbocycles. The van der Waals surface area contributed by atoms with E-state index in [0.29, 0.717) is 0 Å². The van der Waals surface area contributed by atoms with Gasteiger partial charge in [-0.3, -0.25) is 15.0 Å². The van der Waals surface area contributed by atoms with Crippen LogP contribution in [0.25, 0.3) is 88.8 Å². The summed E-state index contributed by atoms with van der Waals surface area (Å²) in [5.74, 6) is 0. The molecule has 9 aromatic rings. The van der Waals surface area contributed by atoms with E-state index in [-0.39, 0.29) is 0 Å². The zero-order valence-electron chi connectivity index (χ0n) is 28.0. The van der Waals surface area contributed by atoms with Crippen LogP contribution in [0.15, 0.2) is 137 Å². The molecule has 0 bridgehead atoms. The molecule has 5 heterocycles. The highest BCUT2D eigenvalue weighted by atomic mass is 16.3. The number of fused-ring (bicyclic) bond motifs is 9. The molecule has 0 N–H and O–H groups in total. The average molecular weight is 638 g/mol. The number of hydrogen-bond acceptors (Lipinski definition) is 5. The van der Waals surface area contributed by atoms with Gasteiger partial charge in [0.05, 0.1) is 5.69 Å². The lowest BCUT2D eigenvalue weighted by Crippen LogP contribution is -1.88. The Morgan fingerprint density at radius 1 is 0.429 bits per heavy atom. The molecule has 10 rings (SSSR count). The highest BCUT2D eigenvalue weighted by Gasteiger charge is 2.20. The van der Waals surface area contributed by atoms with Gasteiger partial charge >= 0.3 is 0 Å². The number of pyridine rings is 3. The molecule has 1 aliphatic rings. The van der Waals surface area contributed by atoms with Gasteiger partial charge in [-0.2, -0.15) is 0 Å². The van der Waals surface area contributed by atoms with Crippen LogP contribution in [0.3, 0.4) is 0 Å². The van der Waals surface area contributed by atoms with Crippen molar-refractivity contribution in [1.29, 1.82) is 0 Å². The molecule has 4 aromatic carbocycles. The van der Waals surface area contributed by atoms with Crippen LogP contribution >= 0.6 is 0 Å². The van der Waals surface area contributed by atoms with Gasteiger partial charge in [-0.05, 0) is 123 Å². The number of nitrogens with zero attached hydrogens (tertiary/aromatic N) is 3. The topological polar surface area (TPSA) is 65.0 Å². The Balaban J connectivity index is 0.000000843. The SMILES string of the molecule is CC.CC.c1cnc2c(c1)Cc1ccc(-c3cc(-c4ccc5oc6cccnc6c5c4)cc(-c4ccc5oc6cccnc6c5c4)c3)cc1-2. The standard InChI is InChI=1S/C40H23N3O2.2C2H6/c1-4-27-16-26-8-7-23(20-31(26)38(27)41-13-1)28-17-29(24-9-11-34-32(21-24)39-36(44-34)5-2-14-42-39)19-30(18-28)25-10-12-35-33(22-25)40-37(45-35)6-3-15-43-40;2*1-2/h1-15,17-22H,16H2;2*1-2H3. The van der Waals surface area contributed by atoms with Crippen LogP contribution in [-0.4, -0.2) is 15.0 Å². The number of hydrogen-bond donors (Lipinski definition) is 0. The van der Waals surface area contributed by atoms with Crippen LogP contribution in [0.5, 0.6) is 0 Å². The normalized spacial score (nSPS) is 11.6. The van der Waals surface area contributed by atoms with E-state index >= 15 is 0 Å². The highest BCUT2D eigenvalue weighted by molar-refractivity contribution is 6.05. The molecule has 0 radical (unpaired) electrons. The number of furan rings is 2. The van der Waals surface area contributed by atoms with Crippen molar-refractivity contribution < 1.29 is 8.83 Å². The predicted octanol–water partition coefficient (Wildman–Crippen LogP) is 12.3. The average Bonchev–Trinajstić information content (AvgIpc) is 3.86. The Labute approximate surface area is 284 Å². The maximum atomic E-state index is 6.09. The zero-order chi connectivity index (χ0) is 33.5. The second kappa shape index (κ2) is 12.5. The van der Waals surface area contributed by atoms with E-state index in [9.17, 15) is 0 Å². The van der Waals surface area contributed by atoms with Crippen LogP contribution in [0, 0.1) is 0 Å². The van der Waals surface area contributed by atoms with E-state index in [0.717, 1.165) is 89.6 Å². The molecule has 238 valence electrons. The van der Waals surface area contributed by atoms with Gasteiger partial charge in [0, 0.05) is 41.3 Å². The van der Waals surface area contributed by atoms with Crippen molar-refractivity contribution in [3.63, 3.8) is 0 Å². The van der Waals surface area contributed by atoms with Gasteiger partial charge in [0.15, 0.2) is 11.2 Å². The molecular weight excluding hydrogens is 603 g/mol. The van der Waals surface area contributed by atoms with E-state index in [2.05, 4.69) is 76.7 Å². The smallest absolute Gasteiger partial charge is 0.153 e. The number of rotatable bonds is 3. The van der Waals surface area contributed by atoms with Gasteiger partial charge in [-0.25, -0.2) is 0 Å². The number of aromatic nitrogens is 3. The lowest BCUT2D eigenvalue weighted by atomic mass is 9.91. The van der Waals surface area contributed by atoms with E-state index in [1.165, 1.54) is 16.7 Å². The quantitative estimate of drug-likeness (QED) is 0.193. The summed E-state index contributed by atoms with van der Waals surface area (Å²) >= 11 is 0. The summed E-state index contributed by atoms with van der Waals surface area (Å²) in [6.07, 6.45) is 6.43. The van der Waals surface area contributed by atoms with Crippen molar-refractivity contribution in [2.75, 3.05) is 0 Å². The van der Waals surface area contributed by atoms with Crippen molar-refractivity contribution in [2.45, 2.75) is 34.1 Å². The Bertz CT molecular complexity index is 2510. The monoisotopic (exact) mass is 637 g/mol. The van der Waals surface area contributed by atoms with E-state index in [4.69, 9.17) is 13.8 Å². The Kier molecular flexibility index (Phi) is 7.73. The summed E-state index contributed by atoms with van der Waals surface area (Å²) in [6, 6.07) is 38.3. The Morgan fingerprint density at radius 2 is 0.918 bits per heavy atom. The molecule has 5 heteroatoms. The van der Waals surface area contributed by atoms with Crippen molar-refractivity contribution in [1.82, 2.24) is 15.0 Å². The van der Waals surface area contributed by atoms with Crippen LogP contribution < -0.4 is 0 Å². The summed E-state index contributed by atoms with van der Waals surface area (Å²) in [7, 11) is 0. The van der Waals surface area contributed by atoms with Crippen LogP contribution in [-0.2, 0) is 6.42 Å². The molecule has 0 fully saturated rings. The lowest BCUT2D eigenvalue weighted by Gasteiger charge is -2.13. The second-order valence-electron chi connectivity index (χ2n) is 11.7. The van der Waals surface area contributed by atoms with E-state index < -0.39 is 0 Å². The Hall–Kier alpha value is -6.07. The first-order valence-electron chi connectivity index (χ1n) is 17.0. The van der Waals surface area contributed by atoms with Crippen molar-refractivity contribution >= 4 is 44.1 Å². The third kappa shape index (κ3) is 5.15. The largest absolute Gasteiger partial charge is 0.454 e. The summed E-state index contributed by atoms with van der Waals surface area (Å²) in [5.41, 5.74) is 16.6. The fourth-order valence-corrected chi connectivity index (χ4v) is 6.84. The van der Waals surface area contributed by atoms with Gasteiger partial charge in [0.1, 0.15) is 22.2 Å². The Morgan fingerprint density at radius 3 is 1.49 bits per heavy atom. The minimum Gasteiger partial charge on any atom is -0.454 e. The fourth-order valence-electron chi connectivity index (χ4n) is 6.84. The third-order valence-electron chi connectivity index (χ3n) is 9.02. The first-order valence-corrected chi connectivity index (χ1v) is 17.0. The van der Waals surface area contributed by atoms with Gasteiger partial charge in [-0.1, -0.05) is 58.0 Å². The summed E-state index contributed by atoms with van der Waals surface area (Å²) < 4.78 is 12.2. The van der Waals surface area contributed by atoms with Crippen LogP contribution in [0.1, 0.15) is 38.8 Å². The molecule has 1 aliphatic carbocycles. The summed E-state index contributed by atoms with van der Waals surface area (Å²) in [4.78, 5) is 14.0. The van der Waals surface area contributed by atoms with Crippen LogP contribution in [0.2, 0.25) is 0 Å². The van der Waals surface area contributed by atoms with Gasteiger partial charge in [-0.15, -0.1) is 0 Å².